The van der Waals surface area contributed by atoms with E-state index in [0.717, 1.165) is 5.56 Å². The predicted molar refractivity (Wildman–Crippen MR) is 56.7 cm³/mol. The number of aryl methyl sites for hydroxylation is 1. The highest BCUT2D eigenvalue weighted by Crippen LogP contribution is 2.17. The van der Waals surface area contributed by atoms with E-state index in [1.165, 1.54) is 0 Å². The lowest BCUT2D eigenvalue weighted by Gasteiger charge is -2.10. The average molecular weight is 213 g/mol. The van der Waals surface area contributed by atoms with Gasteiger partial charge in [-0.3, -0.25) is 4.79 Å². The van der Waals surface area contributed by atoms with Crippen LogP contribution in [0.3, 0.4) is 0 Å². The SMILES string of the molecule is Cc1cccc(C(=O)C(C)Cl)c1CO. The molecule has 0 heterocycles. The fourth-order valence-corrected chi connectivity index (χ4v) is 1.47. The molecule has 0 saturated carbocycles. The maximum absolute atomic E-state index is 11.6. The van der Waals surface area contributed by atoms with Gasteiger partial charge in [0.25, 0.3) is 0 Å². The van der Waals surface area contributed by atoms with E-state index in [0.29, 0.717) is 11.1 Å². The fraction of sp³-hybridized carbons (Fsp3) is 0.364. The Labute approximate surface area is 88.5 Å². The van der Waals surface area contributed by atoms with E-state index < -0.39 is 5.38 Å². The van der Waals surface area contributed by atoms with E-state index in [2.05, 4.69) is 0 Å². The van der Waals surface area contributed by atoms with Crippen molar-refractivity contribution in [2.45, 2.75) is 25.8 Å². The van der Waals surface area contributed by atoms with Crippen LogP contribution in [0.25, 0.3) is 0 Å². The average Bonchev–Trinajstić information content (AvgIpc) is 2.16. The van der Waals surface area contributed by atoms with Crippen molar-refractivity contribution in [2.75, 3.05) is 0 Å². The molecule has 0 radical (unpaired) electrons. The number of benzene rings is 1. The Morgan fingerprint density at radius 3 is 2.71 bits per heavy atom. The summed E-state index contributed by atoms with van der Waals surface area (Å²) in [5, 5.41) is 8.58. The van der Waals surface area contributed by atoms with E-state index in [-0.39, 0.29) is 12.4 Å². The first kappa shape index (κ1) is 11.2. The third-order valence-corrected chi connectivity index (χ3v) is 2.39. The summed E-state index contributed by atoms with van der Waals surface area (Å²) < 4.78 is 0. The number of alkyl halides is 1. The maximum Gasteiger partial charge on any atom is 0.180 e. The first-order chi connectivity index (χ1) is 6.57. The standard InChI is InChI=1S/C11H13ClO2/c1-7-4-3-5-9(10(7)6-13)11(14)8(2)12/h3-5,8,13H,6H2,1-2H3. The first-order valence-corrected chi connectivity index (χ1v) is 4.89. The monoisotopic (exact) mass is 212 g/mol. The molecule has 3 heteroatoms. The summed E-state index contributed by atoms with van der Waals surface area (Å²) in [4.78, 5) is 11.6. The Morgan fingerprint density at radius 1 is 1.57 bits per heavy atom. The van der Waals surface area contributed by atoms with Crippen LogP contribution in [-0.2, 0) is 6.61 Å². The van der Waals surface area contributed by atoms with Crippen molar-refractivity contribution in [2.24, 2.45) is 0 Å². The predicted octanol–water partition coefficient (Wildman–Crippen LogP) is 2.30. The van der Waals surface area contributed by atoms with Crippen LogP contribution in [0, 0.1) is 6.92 Å². The van der Waals surface area contributed by atoms with E-state index in [1.54, 1.807) is 19.1 Å². The summed E-state index contributed by atoms with van der Waals surface area (Å²) in [7, 11) is 0. The molecule has 0 aromatic heterocycles. The number of hydrogen-bond acceptors (Lipinski definition) is 2. The van der Waals surface area contributed by atoms with Gasteiger partial charge in [-0.25, -0.2) is 0 Å². The number of carbonyl (C=O) groups excluding carboxylic acids is 1. The minimum atomic E-state index is -0.554. The Hall–Kier alpha value is -0.860. The Balaban J connectivity index is 3.20. The fourth-order valence-electron chi connectivity index (χ4n) is 1.36. The van der Waals surface area contributed by atoms with Crippen molar-refractivity contribution in [3.05, 3.63) is 34.9 Å². The van der Waals surface area contributed by atoms with Gasteiger partial charge >= 0.3 is 0 Å². The number of aliphatic hydroxyl groups excluding tert-OH is 1. The lowest BCUT2D eigenvalue weighted by atomic mass is 9.98. The van der Waals surface area contributed by atoms with E-state index in [4.69, 9.17) is 16.7 Å². The molecule has 14 heavy (non-hydrogen) atoms. The van der Waals surface area contributed by atoms with Crippen LogP contribution in [0.15, 0.2) is 18.2 Å². The van der Waals surface area contributed by atoms with E-state index in [1.807, 2.05) is 13.0 Å². The third-order valence-electron chi connectivity index (χ3n) is 2.20. The number of Topliss-reactive ketones (excluding diaryl/α,β-unsaturated/α-hetero) is 1. The number of hydrogen-bond donors (Lipinski definition) is 1. The molecule has 2 nitrogen and oxygen atoms in total. The summed E-state index contributed by atoms with van der Waals surface area (Å²) in [6, 6.07) is 5.35. The molecule has 1 rings (SSSR count). The lowest BCUT2D eigenvalue weighted by molar-refractivity contribution is 0.0988. The topological polar surface area (TPSA) is 37.3 Å². The normalized spacial score (nSPS) is 12.6. The van der Waals surface area contributed by atoms with Crippen molar-refractivity contribution >= 4 is 17.4 Å². The molecule has 1 N–H and O–H groups in total. The second kappa shape index (κ2) is 4.58. The molecule has 76 valence electrons. The van der Waals surface area contributed by atoms with Crippen LogP contribution in [0.4, 0.5) is 0 Å². The van der Waals surface area contributed by atoms with E-state index >= 15 is 0 Å². The maximum atomic E-state index is 11.6. The lowest BCUT2D eigenvalue weighted by Crippen LogP contribution is -2.13. The van der Waals surface area contributed by atoms with Gasteiger partial charge in [0.1, 0.15) is 0 Å². The zero-order valence-electron chi connectivity index (χ0n) is 8.25. The number of aliphatic hydroxyl groups is 1. The van der Waals surface area contributed by atoms with Gasteiger partial charge in [-0.05, 0) is 25.0 Å². The number of halogens is 1. The van der Waals surface area contributed by atoms with Crippen LogP contribution >= 0.6 is 11.6 Å². The highest BCUT2D eigenvalue weighted by atomic mass is 35.5. The van der Waals surface area contributed by atoms with Crippen LogP contribution < -0.4 is 0 Å². The highest BCUT2D eigenvalue weighted by molar-refractivity contribution is 6.33. The van der Waals surface area contributed by atoms with Gasteiger partial charge in [0.05, 0.1) is 12.0 Å². The molecule has 0 aliphatic carbocycles. The van der Waals surface area contributed by atoms with Gasteiger partial charge in [-0.15, -0.1) is 11.6 Å². The van der Waals surface area contributed by atoms with E-state index in [9.17, 15) is 4.79 Å². The van der Waals surface area contributed by atoms with Gasteiger partial charge in [0, 0.05) is 5.56 Å². The van der Waals surface area contributed by atoms with Crippen molar-refractivity contribution in [3.63, 3.8) is 0 Å². The highest BCUT2D eigenvalue weighted by Gasteiger charge is 2.16. The molecular formula is C11H13ClO2. The van der Waals surface area contributed by atoms with Crippen LogP contribution in [0.1, 0.15) is 28.4 Å². The zero-order chi connectivity index (χ0) is 10.7. The molecule has 0 amide bonds. The molecule has 0 fully saturated rings. The number of carbonyl (C=O) groups is 1. The molecule has 0 spiro atoms. The zero-order valence-corrected chi connectivity index (χ0v) is 9.01. The van der Waals surface area contributed by atoms with Crippen molar-refractivity contribution in [1.29, 1.82) is 0 Å². The summed E-state index contributed by atoms with van der Waals surface area (Å²) in [6.07, 6.45) is 0. The smallest absolute Gasteiger partial charge is 0.180 e. The van der Waals surface area contributed by atoms with Gasteiger partial charge in [-0.2, -0.15) is 0 Å². The van der Waals surface area contributed by atoms with Gasteiger partial charge in [0.2, 0.25) is 0 Å². The molecule has 1 atom stereocenters. The molecule has 1 aromatic carbocycles. The Morgan fingerprint density at radius 2 is 2.21 bits per heavy atom. The molecule has 0 bridgehead atoms. The van der Waals surface area contributed by atoms with Gasteiger partial charge in [-0.1, -0.05) is 18.2 Å². The minimum Gasteiger partial charge on any atom is -0.392 e. The van der Waals surface area contributed by atoms with Crippen LogP contribution in [0.2, 0.25) is 0 Å². The summed E-state index contributed by atoms with van der Waals surface area (Å²) in [5.41, 5.74) is 2.11. The Bertz CT molecular complexity index is 345. The second-order valence-electron chi connectivity index (χ2n) is 3.24. The molecule has 0 saturated heterocycles. The first-order valence-electron chi connectivity index (χ1n) is 4.45. The van der Waals surface area contributed by atoms with Crippen LogP contribution in [0.5, 0.6) is 0 Å². The molecule has 1 unspecified atom stereocenters. The Kier molecular flexibility index (Phi) is 3.67. The summed E-state index contributed by atoms with van der Waals surface area (Å²) in [5.74, 6) is -0.139. The summed E-state index contributed by atoms with van der Waals surface area (Å²) >= 11 is 5.71. The van der Waals surface area contributed by atoms with Crippen molar-refractivity contribution < 1.29 is 9.90 Å². The van der Waals surface area contributed by atoms with Crippen molar-refractivity contribution in [3.8, 4) is 0 Å². The second-order valence-corrected chi connectivity index (χ2v) is 3.89. The largest absolute Gasteiger partial charge is 0.392 e. The molecule has 1 aromatic rings. The minimum absolute atomic E-state index is 0.128. The van der Waals surface area contributed by atoms with Gasteiger partial charge in [0.15, 0.2) is 5.78 Å². The molecular weight excluding hydrogens is 200 g/mol. The van der Waals surface area contributed by atoms with Crippen LogP contribution in [-0.4, -0.2) is 16.3 Å². The molecule has 0 aliphatic heterocycles. The summed E-state index contributed by atoms with van der Waals surface area (Å²) in [6.45, 7) is 3.37. The number of rotatable bonds is 3. The third kappa shape index (κ3) is 2.14. The van der Waals surface area contributed by atoms with Crippen molar-refractivity contribution in [1.82, 2.24) is 0 Å². The quantitative estimate of drug-likeness (QED) is 0.617. The van der Waals surface area contributed by atoms with Gasteiger partial charge < -0.3 is 5.11 Å². The number of ketones is 1. The molecule has 0 aliphatic rings.